The predicted octanol–water partition coefficient (Wildman–Crippen LogP) is 5.11. The highest BCUT2D eigenvalue weighted by atomic mass is 19.1. The van der Waals surface area contributed by atoms with Gasteiger partial charge in [0.2, 0.25) is 0 Å². The first-order chi connectivity index (χ1) is 15.4. The molecular formula is C27H24FNO3. The number of aliphatic hydroxyl groups excluding tert-OH is 1. The van der Waals surface area contributed by atoms with E-state index in [2.05, 4.69) is 0 Å². The lowest BCUT2D eigenvalue weighted by Gasteiger charge is -2.25. The third kappa shape index (κ3) is 4.06. The van der Waals surface area contributed by atoms with Gasteiger partial charge in [0.05, 0.1) is 11.6 Å². The Balaban J connectivity index is 1.82. The molecule has 1 aliphatic rings. The molecule has 3 aromatic carbocycles. The van der Waals surface area contributed by atoms with Crippen molar-refractivity contribution in [3.8, 4) is 0 Å². The number of aryl methyl sites for hydroxylation is 2. The van der Waals surface area contributed by atoms with E-state index in [1.165, 1.54) is 17.0 Å². The molecule has 0 saturated carbocycles. The van der Waals surface area contributed by atoms with E-state index in [0.29, 0.717) is 24.1 Å². The Morgan fingerprint density at radius 1 is 0.969 bits per heavy atom. The van der Waals surface area contributed by atoms with Gasteiger partial charge in [-0.2, -0.15) is 0 Å². The predicted molar refractivity (Wildman–Crippen MR) is 121 cm³/mol. The Morgan fingerprint density at radius 2 is 1.66 bits per heavy atom. The van der Waals surface area contributed by atoms with Crippen molar-refractivity contribution >= 4 is 17.4 Å². The minimum absolute atomic E-state index is 0.0309. The summed E-state index contributed by atoms with van der Waals surface area (Å²) >= 11 is 0. The molecule has 0 aromatic heterocycles. The maximum Gasteiger partial charge on any atom is 0.295 e. The van der Waals surface area contributed by atoms with Crippen LogP contribution >= 0.6 is 0 Å². The lowest BCUT2D eigenvalue weighted by molar-refractivity contribution is -0.139. The number of benzene rings is 3. The van der Waals surface area contributed by atoms with Crippen LogP contribution in [0.4, 0.5) is 4.39 Å². The van der Waals surface area contributed by atoms with Crippen LogP contribution in [0.2, 0.25) is 0 Å². The summed E-state index contributed by atoms with van der Waals surface area (Å²) in [5.41, 5.74) is 3.86. The molecule has 0 bridgehead atoms. The van der Waals surface area contributed by atoms with Gasteiger partial charge >= 0.3 is 0 Å². The fourth-order valence-corrected chi connectivity index (χ4v) is 4.13. The normalized spacial score (nSPS) is 17.7. The highest BCUT2D eigenvalue weighted by Crippen LogP contribution is 2.40. The molecule has 1 unspecified atom stereocenters. The van der Waals surface area contributed by atoms with Gasteiger partial charge in [0.25, 0.3) is 11.7 Å². The van der Waals surface area contributed by atoms with Crippen LogP contribution < -0.4 is 0 Å². The molecule has 32 heavy (non-hydrogen) atoms. The standard InChI is InChI=1S/C27H24FNO3/c1-17-8-9-18(2)22(16-17)25(30)23-24(20-10-12-21(28)13-11-20)29(27(32)26(23)31)15-14-19-6-4-3-5-7-19/h3-13,16,24,30H,14-15H2,1-2H3. The second-order valence-electron chi connectivity index (χ2n) is 8.10. The number of rotatable bonds is 5. The van der Waals surface area contributed by atoms with Gasteiger partial charge in [-0.05, 0) is 55.2 Å². The van der Waals surface area contributed by atoms with E-state index >= 15 is 0 Å². The SMILES string of the molecule is Cc1ccc(C)c(C(O)=C2C(=O)C(=O)N(CCc3ccccc3)C2c2ccc(F)cc2)c1. The Hall–Kier alpha value is -3.73. The molecule has 5 heteroatoms. The van der Waals surface area contributed by atoms with Crippen LogP contribution in [0.5, 0.6) is 0 Å². The molecule has 0 aliphatic carbocycles. The Kier molecular flexibility index (Phi) is 5.91. The zero-order valence-corrected chi connectivity index (χ0v) is 18.0. The second kappa shape index (κ2) is 8.79. The molecule has 162 valence electrons. The summed E-state index contributed by atoms with van der Waals surface area (Å²) in [5, 5.41) is 11.2. The van der Waals surface area contributed by atoms with E-state index in [0.717, 1.165) is 16.7 Å². The van der Waals surface area contributed by atoms with Gasteiger partial charge in [-0.1, -0.05) is 60.2 Å². The van der Waals surface area contributed by atoms with Gasteiger partial charge in [0, 0.05) is 12.1 Å². The Morgan fingerprint density at radius 3 is 2.34 bits per heavy atom. The summed E-state index contributed by atoms with van der Waals surface area (Å²) in [6.07, 6.45) is 0.551. The number of ketones is 1. The smallest absolute Gasteiger partial charge is 0.295 e. The number of likely N-dealkylation sites (tertiary alicyclic amines) is 1. The molecule has 1 fully saturated rings. The third-order valence-corrected chi connectivity index (χ3v) is 5.86. The topological polar surface area (TPSA) is 57.6 Å². The first-order valence-electron chi connectivity index (χ1n) is 10.5. The molecule has 0 radical (unpaired) electrons. The maximum absolute atomic E-state index is 13.6. The second-order valence-corrected chi connectivity index (χ2v) is 8.10. The van der Waals surface area contributed by atoms with Crippen molar-refractivity contribution < 1.29 is 19.1 Å². The summed E-state index contributed by atoms with van der Waals surface area (Å²) in [6.45, 7) is 4.03. The fourth-order valence-electron chi connectivity index (χ4n) is 4.13. The summed E-state index contributed by atoms with van der Waals surface area (Å²) in [5.74, 6) is -2.02. The van der Waals surface area contributed by atoms with Crippen LogP contribution in [-0.4, -0.2) is 28.2 Å². The first kappa shape index (κ1) is 21.5. The zero-order valence-electron chi connectivity index (χ0n) is 18.0. The van der Waals surface area contributed by atoms with Gasteiger partial charge in [-0.15, -0.1) is 0 Å². The molecular weight excluding hydrogens is 405 g/mol. The number of halogens is 1. The van der Waals surface area contributed by atoms with Gasteiger partial charge in [-0.3, -0.25) is 9.59 Å². The summed E-state index contributed by atoms with van der Waals surface area (Å²) < 4.78 is 13.6. The van der Waals surface area contributed by atoms with Gasteiger partial charge in [-0.25, -0.2) is 4.39 Å². The number of carbonyl (C=O) groups excluding carboxylic acids is 2. The monoisotopic (exact) mass is 429 g/mol. The molecule has 0 spiro atoms. The number of amides is 1. The van der Waals surface area contributed by atoms with E-state index in [9.17, 15) is 19.1 Å². The number of hydrogen-bond acceptors (Lipinski definition) is 3. The van der Waals surface area contributed by atoms with Crippen molar-refractivity contribution in [2.75, 3.05) is 6.54 Å². The van der Waals surface area contributed by atoms with Gasteiger partial charge in [0.1, 0.15) is 11.6 Å². The summed E-state index contributed by atoms with van der Waals surface area (Å²) in [4.78, 5) is 27.6. The van der Waals surface area contributed by atoms with E-state index < -0.39 is 23.5 Å². The molecule has 1 heterocycles. The van der Waals surface area contributed by atoms with Crippen molar-refractivity contribution in [1.29, 1.82) is 0 Å². The van der Waals surface area contributed by atoms with E-state index in [1.807, 2.05) is 56.3 Å². The first-order valence-corrected chi connectivity index (χ1v) is 10.5. The fraction of sp³-hybridized carbons (Fsp3) is 0.185. The zero-order chi connectivity index (χ0) is 22.8. The van der Waals surface area contributed by atoms with Crippen LogP contribution in [0.25, 0.3) is 5.76 Å². The lowest BCUT2D eigenvalue weighted by Crippen LogP contribution is -2.31. The molecule has 4 nitrogen and oxygen atoms in total. The van der Waals surface area contributed by atoms with Crippen LogP contribution in [-0.2, 0) is 16.0 Å². The Labute approximate surface area is 186 Å². The molecule has 1 saturated heterocycles. The lowest BCUT2D eigenvalue weighted by atomic mass is 9.93. The van der Waals surface area contributed by atoms with Crippen molar-refractivity contribution in [3.63, 3.8) is 0 Å². The van der Waals surface area contributed by atoms with Crippen LogP contribution in [0.1, 0.15) is 33.9 Å². The number of nitrogens with zero attached hydrogens (tertiary/aromatic N) is 1. The van der Waals surface area contributed by atoms with Crippen molar-refractivity contribution in [2.45, 2.75) is 26.3 Å². The number of Topliss-reactive ketones (excluding diaryl/α,β-unsaturated/α-hetero) is 1. The van der Waals surface area contributed by atoms with Crippen molar-refractivity contribution in [2.24, 2.45) is 0 Å². The largest absolute Gasteiger partial charge is 0.507 e. The summed E-state index contributed by atoms with van der Waals surface area (Å²) in [7, 11) is 0. The minimum atomic E-state index is -0.792. The molecule has 1 amide bonds. The van der Waals surface area contributed by atoms with Crippen LogP contribution in [0.3, 0.4) is 0 Å². The Bertz CT molecular complexity index is 1200. The maximum atomic E-state index is 13.6. The molecule has 3 aromatic rings. The number of aliphatic hydroxyl groups is 1. The van der Waals surface area contributed by atoms with E-state index in [1.54, 1.807) is 18.2 Å². The number of carbonyl (C=O) groups is 2. The molecule has 1 aliphatic heterocycles. The van der Waals surface area contributed by atoms with Gasteiger partial charge in [0.15, 0.2) is 0 Å². The molecule has 4 rings (SSSR count). The average Bonchev–Trinajstić information content (AvgIpc) is 3.05. The van der Waals surface area contributed by atoms with E-state index in [4.69, 9.17) is 0 Å². The van der Waals surface area contributed by atoms with Crippen LogP contribution in [0.15, 0.2) is 78.4 Å². The van der Waals surface area contributed by atoms with Crippen LogP contribution in [0, 0.1) is 19.7 Å². The highest BCUT2D eigenvalue weighted by molar-refractivity contribution is 6.46. The quantitative estimate of drug-likeness (QED) is 0.348. The third-order valence-electron chi connectivity index (χ3n) is 5.86. The van der Waals surface area contributed by atoms with Gasteiger partial charge < -0.3 is 10.0 Å². The summed E-state index contributed by atoms with van der Waals surface area (Å²) in [6, 6.07) is 20.2. The van der Waals surface area contributed by atoms with E-state index in [-0.39, 0.29) is 11.3 Å². The molecule has 1 atom stereocenters. The highest BCUT2D eigenvalue weighted by Gasteiger charge is 2.45. The number of hydrogen-bond donors (Lipinski definition) is 1. The van der Waals surface area contributed by atoms with Crippen molar-refractivity contribution in [1.82, 2.24) is 4.90 Å². The minimum Gasteiger partial charge on any atom is -0.507 e. The average molecular weight is 429 g/mol. The molecule has 1 N–H and O–H groups in total. The van der Waals surface area contributed by atoms with Crippen molar-refractivity contribution in [3.05, 3.63) is 112 Å².